The monoisotopic (exact) mass is 339 g/mol. The minimum absolute atomic E-state index is 0.0442. The molecule has 1 heterocycles. The van der Waals surface area contributed by atoms with Gasteiger partial charge in [-0.25, -0.2) is 4.79 Å². The minimum atomic E-state index is -4.49. The summed E-state index contributed by atoms with van der Waals surface area (Å²) in [6.07, 6.45) is -1.88. The van der Waals surface area contributed by atoms with Crippen molar-refractivity contribution in [2.75, 3.05) is 7.11 Å². The number of amides is 1. The summed E-state index contributed by atoms with van der Waals surface area (Å²) in [5.74, 6) is -1.29. The first kappa shape index (κ1) is 17.3. The first-order chi connectivity index (χ1) is 11.3. The van der Waals surface area contributed by atoms with Crippen LogP contribution in [0.1, 0.15) is 21.7 Å². The number of furan rings is 1. The molecule has 1 amide bonds. The molecule has 0 unspecified atom stereocenters. The van der Waals surface area contributed by atoms with Gasteiger partial charge in [-0.1, -0.05) is 0 Å². The summed E-state index contributed by atoms with van der Waals surface area (Å²) in [6.45, 7) is 0. The van der Waals surface area contributed by atoms with Crippen molar-refractivity contribution >= 4 is 18.0 Å². The van der Waals surface area contributed by atoms with Crippen LogP contribution in [0.25, 0.3) is 6.08 Å². The van der Waals surface area contributed by atoms with Crippen LogP contribution in [0, 0.1) is 0 Å². The molecule has 0 radical (unpaired) electrons. The van der Waals surface area contributed by atoms with E-state index in [1.807, 2.05) is 0 Å². The molecule has 1 aromatic carbocycles. The number of esters is 1. The third-order valence-electron chi connectivity index (χ3n) is 2.96. The van der Waals surface area contributed by atoms with Crippen molar-refractivity contribution in [2.45, 2.75) is 6.18 Å². The van der Waals surface area contributed by atoms with E-state index in [9.17, 15) is 22.8 Å². The van der Waals surface area contributed by atoms with Crippen LogP contribution < -0.4 is 5.32 Å². The number of benzene rings is 1. The van der Waals surface area contributed by atoms with Crippen molar-refractivity contribution in [3.05, 3.63) is 65.2 Å². The topological polar surface area (TPSA) is 68.5 Å². The smallest absolute Gasteiger partial charge is 0.416 e. The molecule has 0 aliphatic rings. The Bertz CT molecular complexity index is 747. The van der Waals surface area contributed by atoms with Crippen molar-refractivity contribution < 1.29 is 31.9 Å². The van der Waals surface area contributed by atoms with Crippen LogP contribution in [0.3, 0.4) is 0 Å². The predicted molar refractivity (Wildman–Crippen MR) is 77.6 cm³/mol. The second-order valence-electron chi connectivity index (χ2n) is 4.59. The van der Waals surface area contributed by atoms with Crippen LogP contribution in [-0.2, 0) is 15.7 Å². The molecule has 1 aromatic heterocycles. The molecule has 126 valence electrons. The molecule has 2 aromatic rings. The zero-order valence-corrected chi connectivity index (χ0v) is 12.4. The van der Waals surface area contributed by atoms with Crippen LogP contribution in [0.5, 0.6) is 0 Å². The normalized spacial score (nSPS) is 11.9. The number of rotatable bonds is 4. The van der Waals surface area contributed by atoms with Gasteiger partial charge in [0, 0.05) is 11.6 Å². The van der Waals surface area contributed by atoms with Crippen LogP contribution in [0.4, 0.5) is 13.2 Å². The second-order valence-corrected chi connectivity index (χ2v) is 4.59. The van der Waals surface area contributed by atoms with Gasteiger partial charge in [-0.2, -0.15) is 13.2 Å². The zero-order valence-electron chi connectivity index (χ0n) is 12.4. The van der Waals surface area contributed by atoms with Crippen molar-refractivity contribution in [3.63, 3.8) is 0 Å². The number of halogens is 3. The molecule has 0 spiro atoms. The van der Waals surface area contributed by atoms with Crippen molar-refractivity contribution in [3.8, 4) is 0 Å². The summed E-state index contributed by atoms with van der Waals surface area (Å²) in [5, 5.41) is 2.29. The number of nitrogens with one attached hydrogen (secondary N) is 1. The maximum absolute atomic E-state index is 12.5. The first-order valence-electron chi connectivity index (χ1n) is 6.63. The quantitative estimate of drug-likeness (QED) is 0.686. The van der Waals surface area contributed by atoms with E-state index < -0.39 is 23.6 Å². The van der Waals surface area contributed by atoms with Crippen LogP contribution in [0.15, 0.2) is 52.8 Å². The number of hydrogen-bond acceptors (Lipinski definition) is 4. The number of methoxy groups -OCH3 is 1. The van der Waals surface area contributed by atoms with Crippen molar-refractivity contribution in [1.29, 1.82) is 0 Å². The summed E-state index contributed by atoms with van der Waals surface area (Å²) < 4.78 is 47.1. The molecule has 0 atom stereocenters. The minimum Gasteiger partial charge on any atom is -0.465 e. The summed E-state index contributed by atoms with van der Waals surface area (Å²) in [4.78, 5) is 23.8. The Morgan fingerprint density at radius 1 is 1.17 bits per heavy atom. The largest absolute Gasteiger partial charge is 0.465 e. The van der Waals surface area contributed by atoms with Crippen molar-refractivity contribution in [2.24, 2.45) is 0 Å². The third kappa shape index (κ3) is 4.25. The maximum atomic E-state index is 12.5. The van der Waals surface area contributed by atoms with Gasteiger partial charge in [0.2, 0.25) is 0 Å². The van der Waals surface area contributed by atoms with Gasteiger partial charge < -0.3 is 14.5 Å². The summed E-state index contributed by atoms with van der Waals surface area (Å²) in [5.41, 5.74) is -1.13. The van der Waals surface area contributed by atoms with Gasteiger partial charge in [-0.05, 0) is 36.4 Å². The Balaban J connectivity index is 2.20. The summed E-state index contributed by atoms with van der Waals surface area (Å²) in [6, 6.07) is 6.72. The Labute approximate surface area is 134 Å². The highest BCUT2D eigenvalue weighted by Crippen LogP contribution is 2.29. The molecule has 0 saturated heterocycles. The fraction of sp³-hybridized carbons (Fsp3) is 0.125. The van der Waals surface area contributed by atoms with Crippen LogP contribution in [-0.4, -0.2) is 19.0 Å². The van der Waals surface area contributed by atoms with E-state index in [0.29, 0.717) is 5.76 Å². The fourth-order valence-electron chi connectivity index (χ4n) is 1.78. The van der Waals surface area contributed by atoms with E-state index in [1.165, 1.54) is 12.3 Å². The highest BCUT2D eigenvalue weighted by Gasteiger charge is 2.30. The molecule has 0 saturated carbocycles. The average Bonchev–Trinajstić information content (AvgIpc) is 3.05. The fourth-order valence-corrected chi connectivity index (χ4v) is 1.78. The highest BCUT2D eigenvalue weighted by atomic mass is 19.4. The molecule has 0 fully saturated rings. The van der Waals surface area contributed by atoms with Gasteiger partial charge in [0.1, 0.15) is 11.5 Å². The average molecular weight is 339 g/mol. The molecule has 24 heavy (non-hydrogen) atoms. The lowest BCUT2D eigenvalue weighted by Crippen LogP contribution is -2.28. The number of carbonyl (C=O) groups is 2. The highest BCUT2D eigenvalue weighted by molar-refractivity contribution is 6.03. The molecule has 1 N–H and O–H groups in total. The van der Waals surface area contributed by atoms with E-state index in [2.05, 4.69) is 10.1 Å². The number of hydrogen-bond donors (Lipinski definition) is 1. The van der Waals surface area contributed by atoms with Crippen molar-refractivity contribution in [1.82, 2.24) is 5.32 Å². The molecular formula is C16H12F3NO4. The Morgan fingerprint density at radius 3 is 2.33 bits per heavy atom. The van der Waals surface area contributed by atoms with Crippen LogP contribution in [0.2, 0.25) is 0 Å². The number of carbonyl (C=O) groups excluding carboxylic acids is 2. The molecular weight excluding hydrogens is 327 g/mol. The third-order valence-corrected chi connectivity index (χ3v) is 2.96. The predicted octanol–water partition coefficient (Wildman–Crippen LogP) is 3.24. The van der Waals surface area contributed by atoms with E-state index in [0.717, 1.165) is 31.4 Å². The molecule has 8 heteroatoms. The maximum Gasteiger partial charge on any atom is 0.416 e. The Morgan fingerprint density at radius 2 is 1.83 bits per heavy atom. The Kier molecular flexibility index (Phi) is 5.08. The van der Waals surface area contributed by atoms with Gasteiger partial charge in [0.05, 0.1) is 18.9 Å². The molecule has 5 nitrogen and oxygen atoms in total. The lowest BCUT2D eigenvalue weighted by molar-refractivity contribution is -0.138. The second kappa shape index (κ2) is 7.03. The van der Waals surface area contributed by atoms with E-state index >= 15 is 0 Å². The molecule has 0 bridgehead atoms. The molecule has 2 rings (SSSR count). The summed E-state index contributed by atoms with van der Waals surface area (Å²) >= 11 is 0. The molecule has 0 aliphatic heterocycles. The van der Waals surface area contributed by atoms with Gasteiger partial charge in [0.25, 0.3) is 5.91 Å². The first-order valence-corrected chi connectivity index (χ1v) is 6.63. The van der Waals surface area contributed by atoms with E-state index in [-0.39, 0.29) is 11.3 Å². The number of ether oxygens (including phenoxy) is 1. The van der Waals surface area contributed by atoms with Gasteiger partial charge >= 0.3 is 12.1 Å². The summed E-state index contributed by atoms with van der Waals surface area (Å²) in [7, 11) is 1.13. The lowest BCUT2D eigenvalue weighted by Gasteiger charge is -2.09. The van der Waals surface area contributed by atoms with Gasteiger partial charge in [-0.3, -0.25) is 4.79 Å². The zero-order chi connectivity index (χ0) is 17.7. The number of alkyl halides is 3. The van der Waals surface area contributed by atoms with Crippen LogP contribution >= 0.6 is 0 Å². The van der Waals surface area contributed by atoms with Gasteiger partial charge in [-0.15, -0.1) is 0 Å². The SMILES string of the molecule is COC(=O)/C(=C\c1ccco1)NC(=O)c1ccc(C(F)(F)F)cc1. The standard InChI is InChI=1S/C16H12F3NO4/c1-23-15(22)13(9-12-3-2-8-24-12)20-14(21)10-4-6-11(7-5-10)16(17,18)19/h2-9H,1H3,(H,20,21)/b13-9+. The Hall–Kier alpha value is -3.03. The molecule has 0 aliphatic carbocycles. The lowest BCUT2D eigenvalue weighted by atomic mass is 10.1. The van der Waals surface area contributed by atoms with E-state index in [4.69, 9.17) is 4.42 Å². The van der Waals surface area contributed by atoms with Gasteiger partial charge in [0.15, 0.2) is 0 Å². The van der Waals surface area contributed by atoms with E-state index in [1.54, 1.807) is 12.1 Å².